The second-order valence-corrected chi connectivity index (χ2v) is 13.5. The summed E-state index contributed by atoms with van der Waals surface area (Å²) >= 11 is 3.75. The molecule has 0 bridgehead atoms. The van der Waals surface area contributed by atoms with Crippen LogP contribution in [0.3, 0.4) is 0 Å². The fraction of sp³-hybridized carbons (Fsp3) is 0.132. The van der Waals surface area contributed by atoms with Crippen molar-refractivity contribution in [2.24, 2.45) is 4.99 Å². The van der Waals surface area contributed by atoms with Crippen LogP contribution in [0.2, 0.25) is 0 Å². The van der Waals surface area contributed by atoms with Gasteiger partial charge in [0.2, 0.25) is 0 Å². The molecule has 0 unspecified atom stereocenters. The van der Waals surface area contributed by atoms with E-state index in [2.05, 4.69) is 103 Å². The maximum Gasteiger partial charge on any atom is 0.197 e. The van der Waals surface area contributed by atoms with Crippen molar-refractivity contribution in [3.05, 3.63) is 145 Å². The Balaban J connectivity index is 1.24. The normalized spacial score (nSPS) is 13.1. The molecule has 7 rings (SSSR count). The number of fused-ring (bicyclic) bond motifs is 3. The number of hydrogen-bond acceptors (Lipinski definition) is 4. The number of benzene rings is 6. The van der Waals surface area contributed by atoms with Crippen molar-refractivity contribution in [1.29, 1.82) is 0 Å². The number of para-hydroxylation sites is 1. The first-order valence-corrected chi connectivity index (χ1v) is 16.2. The van der Waals surface area contributed by atoms with E-state index in [1.54, 1.807) is 0 Å². The zero-order valence-corrected chi connectivity index (χ0v) is 24.9. The SMILES string of the molecule is c1ccc(O/C(CC(Sc2ccc3ccccc3c2)Sc2ccc3ccccc3c2)=N\c2ccc3c(c2)CCC3)cc1. The predicted molar refractivity (Wildman–Crippen MR) is 181 cm³/mol. The van der Waals surface area contributed by atoms with Gasteiger partial charge in [-0.05, 0) is 100 Å². The van der Waals surface area contributed by atoms with Crippen LogP contribution in [0.15, 0.2) is 148 Å². The van der Waals surface area contributed by atoms with Crippen molar-refractivity contribution in [3.8, 4) is 5.75 Å². The Labute approximate surface area is 255 Å². The fourth-order valence-electron chi connectivity index (χ4n) is 5.54. The molecule has 0 N–H and O–H groups in total. The zero-order valence-electron chi connectivity index (χ0n) is 23.3. The van der Waals surface area contributed by atoms with Crippen molar-refractivity contribution in [2.75, 3.05) is 0 Å². The van der Waals surface area contributed by atoms with Gasteiger partial charge in [-0.25, -0.2) is 4.99 Å². The largest absolute Gasteiger partial charge is 0.443 e. The van der Waals surface area contributed by atoms with E-state index in [9.17, 15) is 0 Å². The number of aliphatic imine (C=N–C) groups is 1. The number of thioether (sulfide) groups is 2. The molecule has 0 aromatic heterocycles. The van der Waals surface area contributed by atoms with Gasteiger partial charge in [-0.1, -0.05) is 84.9 Å². The number of hydrogen-bond donors (Lipinski definition) is 0. The molecular formula is C38H31NOS2. The zero-order chi connectivity index (χ0) is 28.1. The molecule has 0 heterocycles. The number of nitrogens with zero attached hydrogens (tertiary/aromatic N) is 1. The van der Waals surface area contributed by atoms with Crippen LogP contribution >= 0.6 is 23.5 Å². The molecule has 0 radical (unpaired) electrons. The van der Waals surface area contributed by atoms with Gasteiger partial charge in [0, 0.05) is 16.2 Å². The van der Waals surface area contributed by atoms with Crippen LogP contribution in [0.25, 0.3) is 21.5 Å². The van der Waals surface area contributed by atoms with Crippen LogP contribution in [-0.2, 0) is 12.8 Å². The average molecular weight is 582 g/mol. The summed E-state index contributed by atoms with van der Waals surface area (Å²) in [5.41, 5.74) is 3.84. The minimum absolute atomic E-state index is 0.143. The van der Waals surface area contributed by atoms with Crippen molar-refractivity contribution >= 4 is 56.7 Å². The van der Waals surface area contributed by atoms with Gasteiger partial charge in [-0.3, -0.25) is 0 Å². The molecule has 206 valence electrons. The summed E-state index contributed by atoms with van der Waals surface area (Å²) in [7, 11) is 0. The monoisotopic (exact) mass is 581 g/mol. The predicted octanol–water partition coefficient (Wildman–Crippen LogP) is 10.9. The highest BCUT2D eigenvalue weighted by molar-refractivity contribution is 8.17. The molecular weight excluding hydrogens is 551 g/mol. The third-order valence-electron chi connectivity index (χ3n) is 7.63. The van der Waals surface area contributed by atoms with Gasteiger partial charge in [0.25, 0.3) is 0 Å². The highest BCUT2D eigenvalue weighted by Crippen LogP contribution is 2.40. The minimum Gasteiger partial charge on any atom is -0.443 e. The van der Waals surface area contributed by atoms with E-state index in [0.717, 1.165) is 23.8 Å². The van der Waals surface area contributed by atoms with Crippen LogP contribution in [0.4, 0.5) is 5.69 Å². The van der Waals surface area contributed by atoms with Gasteiger partial charge in [0.15, 0.2) is 5.90 Å². The van der Waals surface area contributed by atoms with E-state index < -0.39 is 0 Å². The first-order valence-electron chi connectivity index (χ1n) is 14.5. The summed E-state index contributed by atoms with van der Waals surface area (Å²) in [6.07, 6.45) is 4.19. The molecule has 0 atom stereocenters. The molecule has 1 aliphatic rings. The van der Waals surface area contributed by atoms with Crippen LogP contribution in [0.5, 0.6) is 5.75 Å². The van der Waals surface area contributed by atoms with Gasteiger partial charge in [0.1, 0.15) is 5.75 Å². The molecule has 0 saturated heterocycles. The Morgan fingerprint density at radius 3 is 1.86 bits per heavy atom. The smallest absolute Gasteiger partial charge is 0.197 e. The summed E-state index contributed by atoms with van der Waals surface area (Å²) in [4.78, 5) is 7.60. The summed E-state index contributed by atoms with van der Waals surface area (Å²) in [5.74, 6) is 1.54. The Morgan fingerprint density at radius 1 is 0.595 bits per heavy atom. The molecule has 0 fully saturated rings. The Morgan fingerprint density at radius 2 is 1.19 bits per heavy atom. The van der Waals surface area contributed by atoms with Crippen LogP contribution < -0.4 is 4.74 Å². The molecule has 0 aliphatic heterocycles. The molecule has 0 saturated carbocycles. The summed E-state index contributed by atoms with van der Waals surface area (Å²) in [5, 5.41) is 5.02. The lowest BCUT2D eigenvalue weighted by molar-refractivity contribution is 0.535. The first-order chi connectivity index (χ1) is 20.7. The Bertz CT molecular complexity index is 1800. The van der Waals surface area contributed by atoms with Crippen molar-refractivity contribution in [2.45, 2.75) is 40.1 Å². The van der Waals surface area contributed by atoms with Crippen molar-refractivity contribution in [1.82, 2.24) is 0 Å². The molecule has 0 spiro atoms. The fourth-order valence-corrected chi connectivity index (χ4v) is 8.14. The van der Waals surface area contributed by atoms with Gasteiger partial charge < -0.3 is 4.74 Å². The Hall–Kier alpha value is -3.99. The topological polar surface area (TPSA) is 21.6 Å². The quantitative estimate of drug-likeness (QED) is 0.0772. The third-order valence-corrected chi connectivity index (χ3v) is 10.1. The standard InChI is InChI=1S/C38H31NOS2/c1-2-15-34(16-3-1)40-37(39-33-20-17-29-13-8-14-30(29)23-33)26-38(41-35-21-18-27-9-4-6-11-31(27)24-35)42-36-22-19-28-10-5-7-12-32(28)25-36/h1-7,9-12,15-25,38H,8,13-14,26H2/b39-37-. The van der Waals surface area contributed by atoms with Gasteiger partial charge in [-0.15, -0.1) is 23.5 Å². The van der Waals surface area contributed by atoms with E-state index in [-0.39, 0.29) is 4.58 Å². The number of aryl methyl sites for hydroxylation is 2. The lowest BCUT2D eigenvalue weighted by atomic mass is 10.1. The molecule has 42 heavy (non-hydrogen) atoms. The highest BCUT2D eigenvalue weighted by Gasteiger charge is 2.19. The maximum absolute atomic E-state index is 6.51. The summed E-state index contributed by atoms with van der Waals surface area (Å²) < 4.78 is 6.65. The molecule has 0 amide bonds. The van der Waals surface area contributed by atoms with Crippen LogP contribution in [-0.4, -0.2) is 10.5 Å². The van der Waals surface area contributed by atoms with E-state index >= 15 is 0 Å². The van der Waals surface area contributed by atoms with E-state index in [4.69, 9.17) is 9.73 Å². The first kappa shape index (κ1) is 26.9. The van der Waals surface area contributed by atoms with Crippen molar-refractivity contribution in [3.63, 3.8) is 0 Å². The summed E-state index contributed by atoms with van der Waals surface area (Å²) in [6.45, 7) is 0. The molecule has 4 heteroatoms. The van der Waals surface area contributed by atoms with E-state index in [0.29, 0.717) is 6.42 Å². The molecule has 2 nitrogen and oxygen atoms in total. The van der Waals surface area contributed by atoms with Crippen molar-refractivity contribution < 1.29 is 4.74 Å². The second-order valence-electron chi connectivity index (χ2n) is 10.6. The maximum atomic E-state index is 6.51. The van der Waals surface area contributed by atoms with E-state index in [1.807, 2.05) is 53.9 Å². The summed E-state index contributed by atoms with van der Waals surface area (Å²) in [6, 6.07) is 47.2. The van der Waals surface area contributed by atoms with Crippen LogP contribution in [0, 0.1) is 0 Å². The second kappa shape index (κ2) is 12.5. The molecule has 1 aliphatic carbocycles. The minimum atomic E-state index is 0.143. The molecule has 6 aromatic rings. The van der Waals surface area contributed by atoms with Gasteiger partial charge >= 0.3 is 0 Å². The van der Waals surface area contributed by atoms with E-state index in [1.165, 1.54) is 55.3 Å². The third kappa shape index (κ3) is 6.41. The number of rotatable bonds is 8. The number of ether oxygens (including phenoxy) is 1. The average Bonchev–Trinajstić information content (AvgIpc) is 3.49. The molecule has 6 aromatic carbocycles. The lowest BCUT2D eigenvalue weighted by Crippen LogP contribution is -2.14. The van der Waals surface area contributed by atoms with Gasteiger partial charge in [0.05, 0.1) is 10.3 Å². The van der Waals surface area contributed by atoms with Gasteiger partial charge in [-0.2, -0.15) is 0 Å². The van der Waals surface area contributed by atoms with Crippen LogP contribution in [0.1, 0.15) is 24.0 Å². The highest BCUT2D eigenvalue weighted by atomic mass is 32.2. The lowest BCUT2D eigenvalue weighted by Gasteiger charge is -2.19. The Kier molecular flexibility index (Phi) is 7.99.